The molecule has 5 rings (SSSR count). The van der Waals surface area contributed by atoms with E-state index in [-0.39, 0.29) is 0 Å². The second kappa shape index (κ2) is 6.99. The summed E-state index contributed by atoms with van der Waals surface area (Å²) < 4.78 is 0. The zero-order valence-corrected chi connectivity index (χ0v) is 15.8. The monoisotopic (exact) mass is 374 g/mol. The molecule has 138 valence electrons. The van der Waals surface area contributed by atoms with Gasteiger partial charge in [0.05, 0.1) is 0 Å². The lowest BCUT2D eigenvalue weighted by atomic mass is 9.97. The van der Waals surface area contributed by atoms with E-state index in [2.05, 4.69) is 36.4 Å². The molecule has 1 aliphatic rings. The van der Waals surface area contributed by atoms with E-state index >= 15 is 0 Å². The molecule has 2 nitrogen and oxygen atoms in total. The molecule has 0 heterocycles. The summed E-state index contributed by atoms with van der Waals surface area (Å²) in [5, 5.41) is 0. The van der Waals surface area contributed by atoms with Gasteiger partial charge in [0.15, 0.2) is 0 Å². The van der Waals surface area contributed by atoms with E-state index in [0.717, 1.165) is 30.1 Å². The van der Waals surface area contributed by atoms with Gasteiger partial charge in [-0.3, -0.25) is 9.59 Å². The lowest BCUT2D eigenvalue weighted by Gasteiger charge is -2.07. The summed E-state index contributed by atoms with van der Waals surface area (Å²) in [4.78, 5) is 21.8. The molecule has 2 heteroatoms. The SMILES string of the molecule is O=Cc1ccc(-c2ccc3c(c2)Cc2cc(-c4ccc(C=O)cc4)ccc2-3)cc1. The summed E-state index contributed by atoms with van der Waals surface area (Å²) in [5.74, 6) is 0. The van der Waals surface area contributed by atoms with Gasteiger partial charge in [0.2, 0.25) is 0 Å². The Kier molecular flexibility index (Phi) is 4.18. The summed E-state index contributed by atoms with van der Waals surface area (Å²) in [7, 11) is 0. The van der Waals surface area contributed by atoms with Crippen molar-refractivity contribution >= 4 is 12.6 Å². The Morgan fingerprint density at radius 1 is 0.483 bits per heavy atom. The van der Waals surface area contributed by atoms with Gasteiger partial charge >= 0.3 is 0 Å². The fourth-order valence-corrected chi connectivity index (χ4v) is 4.08. The quantitative estimate of drug-likeness (QED) is 0.350. The number of carbonyl (C=O) groups excluding carboxylic acids is 2. The van der Waals surface area contributed by atoms with Crippen molar-refractivity contribution in [2.75, 3.05) is 0 Å². The smallest absolute Gasteiger partial charge is 0.150 e. The van der Waals surface area contributed by atoms with Crippen LogP contribution in [-0.4, -0.2) is 12.6 Å². The first kappa shape index (κ1) is 17.3. The third-order valence-electron chi connectivity index (χ3n) is 5.64. The molecule has 0 amide bonds. The maximum atomic E-state index is 10.9. The first-order valence-corrected chi connectivity index (χ1v) is 9.62. The summed E-state index contributed by atoms with van der Waals surface area (Å²) in [6.07, 6.45) is 2.64. The van der Waals surface area contributed by atoms with Crippen molar-refractivity contribution in [3.8, 4) is 33.4 Å². The third kappa shape index (κ3) is 3.09. The second-order valence-electron chi connectivity index (χ2n) is 7.40. The summed E-state index contributed by atoms with van der Waals surface area (Å²) in [6, 6.07) is 28.6. The van der Waals surface area contributed by atoms with Gasteiger partial charge in [0.25, 0.3) is 0 Å². The Hall–Kier alpha value is -3.78. The minimum atomic E-state index is 0.691. The molecule has 0 saturated heterocycles. The molecule has 4 aromatic rings. The molecule has 1 aliphatic carbocycles. The van der Waals surface area contributed by atoms with Gasteiger partial charge in [-0.05, 0) is 50.9 Å². The molecule has 0 spiro atoms. The van der Waals surface area contributed by atoms with Crippen LogP contribution in [0.4, 0.5) is 0 Å². The number of hydrogen-bond donors (Lipinski definition) is 0. The van der Waals surface area contributed by atoms with Gasteiger partial charge in [-0.2, -0.15) is 0 Å². The van der Waals surface area contributed by atoms with E-state index in [1.165, 1.54) is 33.4 Å². The maximum Gasteiger partial charge on any atom is 0.150 e. The maximum absolute atomic E-state index is 10.9. The van der Waals surface area contributed by atoms with Crippen LogP contribution in [0.5, 0.6) is 0 Å². The Labute approximate surface area is 169 Å². The van der Waals surface area contributed by atoms with E-state index in [1.807, 2.05) is 48.5 Å². The minimum Gasteiger partial charge on any atom is -0.298 e. The van der Waals surface area contributed by atoms with Crippen molar-refractivity contribution in [3.63, 3.8) is 0 Å². The molecule has 29 heavy (non-hydrogen) atoms. The highest BCUT2D eigenvalue weighted by atomic mass is 16.1. The highest BCUT2D eigenvalue weighted by Crippen LogP contribution is 2.40. The molecule has 0 unspecified atom stereocenters. The van der Waals surface area contributed by atoms with Crippen LogP contribution in [0, 0.1) is 0 Å². The van der Waals surface area contributed by atoms with Crippen molar-refractivity contribution in [2.24, 2.45) is 0 Å². The van der Waals surface area contributed by atoms with Crippen molar-refractivity contribution in [2.45, 2.75) is 6.42 Å². The zero-order valence-electron chi connectivity index (χ0n) is 15.8. The van der Waals surface area contributed by atoms with Crippen LogP contribution < -0.4 is 0 Å². The van der Waals surface area contributed by atoms with E-state index in [1.54, 1.807) is 0 Å². The summed E-state index contributed by atoms with van der Waals surface area (Å²) >= 11 is 0. The van der Waals surface area contributed by atoms with Gasteiger partial charge in [-0.25, -0.2) is 0 Å². The lowest BCUT2D eigenvalue weighted by molar-refractivity contribution is 0.111. The number of benzene rings is 4. The molecule has 0 N–H and O–H groups in total. The van der Waals surface area contributed by atoms with Crippen LogP contribution in [0.25, 0.3) is 33.4 Å². The normalized spacial score (nSPS) is 11.6. The zero-order chi connectivity index (χ0) is 19.8. The van der Waals surface area contributed by atoms with E-state index in [0.29, 0.717) is 11.1 Å². The van der Waals surface area contributed by atoms with E-state index in [9.17, 15) is 9.59 Å². The average molecular weight is 374 g/mol. The van der Waals surface area contributed by atoms with Crippen LogP contribution in [-0.2, 0) is 6.42 Å². The number of carbonyl (C=O) groups is 2. The molecule has 0 fully saturated rings. The second-order valence-corrected chi connectivity index (χ2v) is 7.40. The molecular weight excluding hydrogens is 356 g/mol. The van der Waals surface area contributed by atoms with Crippen molar-refractivity contribution in [1.29, 1.82) is 0 Å². The molecule has 0 bridgehead atoms. The van der Waals surface area contributed by atoms with Crippen LogP contribution >= 0.6 is 0 Å². The molecule has 0 atom stereocenters. The van der Waals surface area contributed by atoms with Crippen molar-refractivity contribution in [1.82, 2.24) is 0 Å². The third-order valence-corrected chi connectivity index (χ3v) is 5.64. The van der Waals surface area contributed by atoms with Crippen LogP contribution in [0.2, 0.25) is 0 Å². The van der Waals surface area contributed by atoms with Gasteiger partial charge < -0.3 is 0 Å². The van der Waals surface area contributed by atoms with E-state index < -0.39 is 0 Å². The Balaban J connectivity index is 1.48. The topological polar surface area (TPSA) is 34.1 Å². The molecule has 0 radical (unpaired) electrons. The Bertz CT molecular complexity index is 1130. The van der Waals surface area contributed by atoms with Crippen molar-refractivity contribution in [3.05, 3.63) is 107 Å². The Morgan fingerprint density at radius 3 is 1.24 bits per heavy atom. The number of aldehydes is 2. The fourth-order valence-electron chi connectivity index (χ4n) is 4.08. The highest BCUT2D eigenvalue weighted by Gasteiger charge is 2.19. The van der Waals surface area contributed by atoms with Gasteiger partial charge in [-0.15, -0.1) is 0 Å². The van der Waals surface area contributed by atoms with Gasteiger partial charge in [0, 0.05) is 11.1 Å². The van der Waals surface area contributed by atoms with Gasteiger partial charge in [-0.1, -0.05) is 84.9 Å². The average Bonchev–Trinajstić information content (AvgIpc) is 3.16. The summed E-state index contributed by atoms with van der Waals surface area (Å²) in [6.45, 7) is 0. The number of fused-ring (bicyclic) bond motifs is 3. The van der Waals surface area contributed by atoms with Crippen LogP contribution in [0.3, 0.4) is 0 Å². The molecular formula is C27H18O2. The van der Waals surface area contributed by atoms with Crippen LogP contribution in [0.1, 0.15) is 31.8 Å². The largest absolute Gasteiger partial charge is 0.298 e. The van der Waals surface area contributed by atoms with Gasteiger partial charge in [0.1, 0.15) is 12.6 Å². The number of rotatable bonds is 4. The predicted molar refractivity (Wildman–Crippen MR) is 116 cm³/mol. The molecule has 0 aliphatic heterocycles. The standard InChI is InChI=1S/C27H18O2/c28-16-18-1-5-20(6-2-18)22-9-11-26-24(13-22)15-25-14-23(10-12-27(25)26)21-7-3-19(17-29)4-8-21/h1-14,16-17H,15H2. The lowest BCUT2D eigenvalue weighted by Crippen LogP contribution is -1.85. The van der Waals surface area contributed by atoms with E-state index in [4.69, 9.17) is 0 Å². The predicted octanol–water partition coefficient (Wildman–Crippen LogP) is 6.22. The van der Waals surface area contributed by atoms with Crippen molar-refractivity contribution < 1.29 is 9.59 Å². The number of hydrogen-bond acceptors (Lipinski definition) is 2. The first-order chi connectivity index (χ1) is 14.2. The molecule has 4 aromatic carbocycles. The molecule has 0 aromatic heterocycles. The fraction of sp³-hybridized carbons (Fsp3) is 0.0370. The highest BCUT2D eigenvalue weighted by molar-refractivity contribution is 5.84. The molecule has 0 saturated carbocycles. The Morgan fingerprint density at radius 2 is 0.862 bits per heavy atom. The minimum absolute atomic E-state index is 0.691. The van der Waals surface area contributed by atoms with Crippen LogP contribution in [0.15, 0.2) is 84.9 Å². The first-order valence-electron chi connectivity index (χ1n) is 9.62. The summed E-state index contributed by atoms with van der Waals surface area (Å²) in [5.41, 5.74) is 11.2.